The number of H-pyrrole nitrogens is 1. The monoisotopic (exact) mass is 307 g/mol. The van der Waals surface area contributed by atoms with Crippen molar-refractivity contribution < 1.29 is 0 Å². The van der Waals surface area contributed by atoms with Gasteiger partial charge in [0.1, 0.15) is 5.15 Å². The minimum Gasteiger partial charge on any atom is -0.312 e. The van der Waals surface area contributed by atoms with E-state index in [1.165, 1.54) is 12.1 Å². The van der Waals surface area contributed by atoms with Crippen LogP contribution < -0.4 is 5.56 Å². The molecule has 1 aromatic heterocycles. The van der Waals surface area contributed by atoms with Crippen LogP contribution in [0.4, 0.5) is 0 Å². The van der Waals surface area contributed by atoms with Crippen molar-refractivity contribution in [3.8, 4) is 11.1 Å². The van der Waals surface area contributed by atoms with Crippen LogP contribution in [0.2, 0.25) is 20.2 Å². The zero-order chi connectivity index (χ0) is 12.6. The molecule has 88 valence electrons. The van der Waals surface area contributed by atoms with Crippen molar-refractivity contribution in [2.75, 3.05) is 0 Å². The Morgan fingerprint density at radius 1 is 0.941 bits per heavy atom. The summed E-state index contributed by atoms with van der Waals surface area (Å²) >= 11 is 23.8. The van der Waals surface area contributed by atoms with Crippen LogP contribution in [0, 0.1) is 0 Å². The summed E-state index contributed by atoms with van der Waals surface area (Å²) in [7, 11) is 0. The van der Waals surface area contributed by atoms with Crippen LogP contribution in [0.3, 0.4) is 0 Å². The molecule has 0 spiro atoms. The Balaban J connectivity index is 2.72. The van der Waals surface area contributed by atoms with Crippen molar-refractivity contribution in [3.05, 3.63) is 54.8 Å². The van der Waals surface area contributed by atoms with Crippen LogP contribution in [0.1, 0.15) is 0 Å². The van der Waals surface area contributed by atoms with Crippen LogP contribution in [-0.2, 0) is 0 Å². The molecule has 0 radical (unpaired) electrons. The smallest absolute Gasteiger partial charge is 0.249 e. The van der Waals surface area contributed by atoms with Crippen molar-refractivity contribution in [2.24, 2.45) is 0 Å². The molecule has 0 amide bonds. The maximum atomic E-state index is 11.1. The summed E-state index contributed by atoms with van der Waals surface area (Å²) in [6.45, 7) is 0. The molecular weight excluding hydrogens is 304 g/mol. The third-order valence-corrected chi connectivity index (χ3v) is 3.47. The average Bonchev–Trinajstić information content (AvgIpc) is 2.24. The molecule has 0 fully saturated rings. The van der Waals surface area contributed by atoms with Crippen LogP contribution >= 0.6 is 46.4 Å². The summed E-state index contributed by atoms with van der Waals surface area (Å²) in [5.74, 6) is 0. The van der Waals surface area contributed by atoms with Crippen LogP contribution in [0.25, 0.3) is 11.1 Å². The second-order valence-electron chi connectivity index (χ2n) is 3.30. The highest BCUT2D eigenvalue weighted by molar-refractivity contribution is 6.45. The number of hydrogen-bond acceptors (Lipinski definition) is 1. The average molecular weight is 309 g/mol. The van der Waals surface area contributed by atoms with E-state index in [1.807, 2.05) is 0 Å². The molecule has 0 aliphatic rings. The van der Waals surface area contributed by atoms with Gasteiger partial charge in [-0.25, -0.2) is 0 Å². The summed E-state index contributed by atoms with van der Waals surface area (Å²) in [4.78, 5) is 13.5. The van der Waals surface area contributed by atoms with E-state index in [0.717, 1.165) is 0 Å². The van der Waals surface area contributed by atoms with Gasteiger partial charge in [-0.05, 0) is 18.2 Å². The predicted octanol–water partition coefficient (Wildman–Crippen LogP) is 4.66. The van der Waals surface area contributed by atoms with Gasteiger partial charge in [0, 0.05) is 22.2 Å². The highest BCUT2D eigenvalue weighted by atomic mass is 35.5. The molecule has 2 nitrogen and oxygen atoms in total. The molecule has 0 bridgehead atoms. The molecule has 0 aliphatic carbocycles. The minimum atomic E-state index is -0.289. The first kappa shape index (κ1) is 12.8. The Hall–Kier alpha value is -0.670. The van der Waals surface area contributed by atoms with Gasteiger partial charge in [-0.15, -0.1) is 0 Å². The molecule has 6 heteroatoms. The van der Waals surface area contributed by atoms with Gasteiger partial charge in [-0.2, -0.15) is 0 Å². The molecule has 0 aliphatic heterocycles. The summed E-state index contributed by atoms with van der Waals surface area (Å²) in [6, 6.07) is 6.09. The summed E-state index contributed by atoms with van der Waals surface area (Å²) in [6.07, 6.45) is 0. The molecule has 2 rings (SSSR count). The summed E-state index contributed by atoms with van der Waals surface area (Å²) in [5, 5.41) is 1.30. The van der Waals surface area contributed by atoms with E-state index >= 15 is 0 Å². The molecule has 0 saturated carbocycles. The highest BCUT2D eigenvalue weighted by Crippen LogP contribution is 2.38. The first-order valence-corrected chi connectivity index (χ1v) is 6.04. The fourth-order valence-corrected chi connectivity index (χ4v) is 2.37. The predicted molar refractivity (Wildman–Crippen MR) is 72.5 cm³/mol. The van der Waals surface area contributed by atoms with Gasteiger partial charge in [0.15, 0.2) is 0 Å². The Morgan fingerprint density at radius 3 is 2.29 bits per heavy atom. The molecule has 1 aromatic carbocycles. The first-order valence-electron chi connectivity index (χ1n) is 4.53. The number of aromatic amines is 1. The molecule has 0 atom stereocenters. The molecule has 1 N–H and O–H groups in total. The highest BCUT2D eigenvalue weighted by Gasteiger charge is 2.12. The van der Waals surface area contributed by atoms with Gasteiger partial charge >= 0.3 is 0 Å². The van der Waals surface area contributed by atoms with E-state index < -0.39 is 0 Å². The largest absolute Gasteiger partial charge is 0.312 e. The molecule has 0 unspecified atom stereocenters. The van der Waals surface area contributed by atoms with Crippen LogP contribution in [-0.4, -0.2) is 4.98 Å². The lowest BCUT2D eigenvalue weighted by Gasteiger charge is -2.08. The maximum absolute atomic E-state index is 11.1. The van der Waals surface area contributed by atoms with Crippen molar-refractivity contribution in [1.82, 2.24) is 4.98 Å². The maximum Gasteiger partial charge on any atom is 0.249 e. The normalized spacial score (nSPS) is 10.6. The Bertz CT molecular complexity index is 636. The van der Waals surface area contributed by atoms with Crippen molar-refractivity contribution in [1.29, 1.82) is 0 Å². The van der Waals surface area contributed by atoms with Gasteiger partial charge < -0.3 is 4.98 Å². The van der Waals surface area contributed by atoms with Gasteiger partial charge in [-0.3, -0.25) is 4.79 Å². The topological polar surface area (TPSA) is 32.9 Å². The SMILES string of the molecule is O=c1ccc(-c2cc(Cl)cc(Cl)c2Cl)c(Cl)[nH]1. The third-order valence-electron chi connectivity index (χ3n) is 2.15. The van der Waals surface area contributed by atoms with Crippen LogP contribution in [0.15, 0.2) is 29.1 Å². The quantitative estimate of drug-likeness (QED) is 0.603. The van der Waals surface area contributed by atoms with E-state index in [0.29, 0.717) is 26.2 Å². The number of benzene rings is 1. The zero-order valence-corrected chi connectivity index (χ0v) is 11.3. The minimum absolute atomic E-state index is 0.192. The Morgan fingerprint density at radius 2 is 1.65 bits per heavy atom. The molecular formula is C11H5Cl4NO. The van der Waals surface area contributed by atoms with Crippen LogP contribution in [0.5, 0.6) is 0 Å². The number of aromatic nitrogens is 1. The number of hydrogen-bond donors (Lipinski definition) is 1. The Labute approximate surface area is 117 Å². The molecule has 1 heterocycles. The van der Waals surface area contributed by atoms with E-state index in [9.17, 15) is 4.79 Å². The Kier molecular flexibility index (Phi) is 3.69. The second-order valence-corrected chi connectivity index (χ2v) is 4.90. The molecule has 0 saturated heterocycles. The van der Waals surface area contributed by atoms with E-state index in [1.54, 1.807) is 12.1 Å². The van der Waals surface area contributed by atoms with Crippen molar-refractivity contribution in [2.45, 2.75) is 0 Å². The number of rotatable bonds is 1. The lowest BCUT2D eigenvalue weighted by atomic mass is 10.1. The van der Waals surface area contributed by atoms with Crippen molar-refractivity contribution >= 4 is 46.4 Å². The first-order chi connectivity index (χ1) is 7.99. The van der Waals surface area contributed by atoms with E-state index in [2.05, 4.69) is 4.98 Å². The van der Waals surface area contributed by atoms with Gasteiger partial charge in [0.2, 0.25) is 5.56 Å². The standard InChI is InChI=1S/C11H5Cl4NO/c12-5-3-7(10(14)8(13)4-5)6-1-2-9(17)16-11(6)15/h1-4H,(H,16,17). The van der Waals surface area contributed by atoms with Gasteiger partial charge in [0.05, 0.1) is 10.0 Å². The zero-order valence-electron chi connectivity index (χ0n) is 8.23. The second kappa shape index (κ2) is 4.91. The van der Waals surface area contributed by atoms with E-state index in [-0.39, 0.29) is 10.7 Å². The van der Waals surface area contributed by atoms with Crippen molar-refractivity contribution in [3.63, 3.8) is 0 Å². The lowest BCUT2D eigenvalue weighted by Crippen LogP contribution is -2.03. The molecule has 2 aromatic rings. The fraction of sp³-hybridized carbons (Fsp3) is 0. The molecule has 17 heavy (non-hydrogen) atoms. The summed E-state index contributed by atoms with van der Waals surface area (Å²) < 4.78 is 0. The number of pyridine rings is 1. The van der Waals surface area contributed by atoms with E-state index in [4.69, 9.17) is 46.4 Å². The third kappa shape index (κ3) is 2.61. The van der Waals surface area contributed by atoms with Gasteiger partial charge in [-0.1, -0.05) is 46.4 Å². The fourth-order valence-electron chi connectivity index (χ4n) is 1.41. The number of nitrogens with one attached hydrogen (secondary N) is 1. The summed E-state index contributed by atoms with van der Waals surface area (Å²) in [5.41, 5.74) is 0.856. The lowest BCUT2D eigenvalue weighted by molar-refractivity contribution is 1.24. The number of halogens is 4. The van der Waals surface area contributed by atoms with Gasteiger partial charge in [0.25, 0.3) is 0 Å².